The Hall–Kier alpha value is -1.84. The van der Waals surface area contributed by atoms with E-state index in [1.54, 1.807) is 0 Å². The fourth-order valence-electron chi connectivity index (χ4n) is 2.82. The number of benzene rings is 1. The lowest BCUT2D eigenvalue weighted by Crippen LogP contribution is -1.96. The van der Waals surface area contributed by atoms with E-state index in [1.165, 1.54) is 6.42 Å². The van der Waals surface area contributed by atoms with Crippen LogP contribution in [0.3, 0.4) is 0 Å². The first-order valence-electron chi connectivity index (χ1n) is 6.83. The topological polar surface area (TPSA) is 64.9 Å². The van der Waals surface area contributed by atoms with Crippen LogP contribution in [0, 0.1) is 12.8 Å². The molecule has 0 bridgehead atoms. The molecule has 1 heterocycles. The molecular weight excluding hydrogens is 238 g/mol. The molecule has 19 heavy (non-hydrogen) atoms. The number of anilines is 1. The zero-order valence-electron chi connectivity index (χ0n) is 11.4. The van der Waals surface area contributed by atoms with Gasteiger partial charge >= 0.3 is 0 Å². The zero-order chi connectivity index (χ0) is 13.4. The van der Waals surface area contributed by atoms with Crippen LogP contribution in [0.2, 0.25) is 0 Å². The van der Waals surface area contributed by atoms with Crippen LogP contribution >= 0.6 is 0 Å². The van der Waals surface area contributed by atoms with Crippen molar-refractivity contribution in [3.8, 4) is 11.5 Å². The third-order valence-electron chi connectivity index (χ3n) is 3.99. The lowest BCUT2D eigenvalue weighted by Gasteiger charge is -2.03. The monoisotopic (exact) mass is 257 g/mol. The molecule has 1 aromatic heterocycles. The third kappa shape index (κ3) is 2.35. The molecule has 2 aromatic rings. The Morgan fingerprint density at radius 3 is 2.89 bits per heavy atom. The molecule has 1 fully saturated rings. The Morgan fingerprint density at radius 1 is 1.32 bits per heavy atom. The first-order valence-corrected chi connectivity index (χ1v) is 6.83. The molecule has 0 amide bonds. The van der Waals surface area contributed by atoms with E-state index >= 15 is 0 Å². The highest BCUT2D eigenvalue weighted by molar-refractivity contribution is 5.63. The van der Waals surface area contributed by atoms with Crippen molar-refractivity contribution in [2.75, 3.05) is 5.73 Å². The Labute approximate surface area is 113 Å². The van der Waals surface area contributed by atoms with Crippen molar-refractivity contribution in [2.24, 2.45) is 5.92 Å². The summed E-state index contributed by atoms with van der Waals surface area (Å²) in [5, 5.41) is 4.15. The van der Waals surface area contributed by atoms with E-state index in [1.807, 2.05) is 25.1 Å². The smallest absolute Gasteiger partial charge is 0.258 e. The van der Waals surface area contributed by atoms with Gasteiger partial charge in [-0.1, -0.05) is 18.1 Å². The van der Waals surface area contributed by atoms with E-state index in [0.717, 1.165) is 41.4 Å². The van der Waals surface area contributed by atoms with E-state index in [2.05, 4.69) is 17.1 Å². The summed E-state index contributed by atoms with van der Waals surface area (Å²) in [6, 6.07) is 5.75. The van der Waals surface area contributed by atoms with Crippen LogP contribution < -0.4 is 5.73 Å². The van der Waals surface area contributed by atoms with Gasteiger partial charge in [0.25, 0.3) is 5.89 Å². The van der Waals surface area contributed by atoms with Crippen LogP contribution in [0.4, 0.5) is 5.69 Å². The predicted molar refractivity (Wildman–Crippen MR) is 74.6 cm³/mol. The molecule has 2 N–H and O–H groups in total. The molecule has 4 heteroatoms. The van der Waals surface area contributed by atoms with Crippen molar-refractivity contribution in [3.63, 3.8) is 0 Å². The van der Waals surface area contributed by atoms with E-state index in [-0.39, 0.29) is 0 Å². The van der Waals surface area contributed by atoms with Crippen molar-refractivity contribution in [1.82, 2.24) is 10.1 Å². The Kier molecular flexibility index (Phi) is 3.01. The Balaban J connectivity index is 1.90. The summed E-state index contributed by atoms with van der Waals surface area (Å²) in [7, 11) is 0. The molecule has 3 rings (SSSR count). The highest BCUT2D eigenvalue weighted by atomic mass is 16.5. The summed E-state index contributed by atoms with van der Waals surface area (Å²) in [5.41, 5.74) is 8.58. The van der Waals surface area contributed by atoms with Gasteiger partial charge in [0, 0.05) is 17.2 Å². The lowest BCUT2D eigenvalue weighted by molar-refractivity contribution is 0.414. The second-order valence-electron chi connectivity index (χ2n) is 5.65. The first-order chi connectivity index (χ1) is 9.13. The minimum absolute atomic E-state index is 0.453. The average molecular weight is 257 g/mol. The zero-order valence-corrected chi connectivity index (χ0v) is 11.4. The van der Waals surface area contributed by atoms with Gasteiger partial charge in [-0.05, 0) is 49.8 Å². The summed E-state index contributed by atoms with van der Waals surface area (Å²) in [6.07, 6.45) is 3.58. The molecule has 1 aliphatic carbocycles. The number of nitrogen functional groups attached to an aromatic ring is 1. The molecule has 0 radical (unpaired) electrons. The predicted octanol–water partition coefficient (Wildman–Crippen LogP) is 3.53. The summed E-state index contributed by atoms with van der Waals surface area (Å²) in [6.45, 7) is 4.30. The molecule has 4 nitrogen and oxygen atoms in total. The van der Waals surface area contributed by atoms with Crippen LogP contribution in [0.5, 0.6) is 0 Å². The molecule has 2 unspecified atom stereocenters. The standard InChI is InChI=1S/C15H19N3O/c1-9-3-5-11(7-9)14-17-15(19-18-14)13-8-12(16)6-4-10(13)2/h4,6,8-9,11H,3,5,7,16H2,1-2H3. The molecule has 1 aromatic carbocycles. The summed E-state index contributed by atoms with van der Waals surface area (Å²) in [5.74, 6) is 2.65. The summed E-state index contributed by atoms with van der Waals surface area (Å²) in [4.78, 5) is 4.57. The Bertz CT molecular complexity index is 591. The minimum atomic E-state index is 0.453. The first kappa shape index (κ1) is 12.2. The van der Waals surface area contributed by atoms with E-state index < -0.39 is 0 Å². The molecule has 100 valence electrons. The molecule has 2 atom stereocenters. The largest absolute Gasteiger partial charge is 0.399 e. The van der Waals surface area contributed by atoms with Crippen LogP contribution in [0.1, 0.15) is 43.5 Å². The Morgan fingerprint density at radius 2 is 2.16 bits per heavy atom. The molecule has 0 saturated heterocycles. The van der Waals surface area contributed by atoms with Crippen molar-refractivity contribution < 1.29 is 4.52 Å². The number of hydrogen-bond acceptors (Lipinski definition) is 4. The van der Waals surface area contributed by atoms with Gasteiger partial charge in [-0.15, -0.1) is 0 Å². The van der Waals surface area contributed by atoms with E-state index in [9.17, 15) is 0 Å². The van der Waals surface area contributed by atoms with E-state index in [0.29, 0.717) is 11.8 Å². The highest BCUT2D eigenvalue weighted by Gasteiger charge is 2.27. The van der Waals surface area contributed by atoms with Gasteiger partial charge in [0.2, 0.25) is 0 Å². The number of aryl methyl sites for hydroxylation is 1. The maximum atomic E-state index is 5.82. The van der Waals surface area contributed by atoms with Gasteiger partial charge in [-0.3, -0.25) is 0 Å². The number of rotatable bonds is 2. The number of nitrogens with two attached hydrogens (primary N) is 1. The fourth-order valence-corrected chi connectivity index (χ4v) is 2.82. The SMILES string of the molecule is Cc1ccc(N)cc1-c1nc(C2CCC(C)C2)no1. The quantitative estimate of drug-likeness (QED) is 0.836. The second kappa shape index (κ2) is 4.68. The fraction of sp³-hybridized carbons (Fsp3) is 0.467. The highest BCUT2D eigenvalue weighted by Crippen LogP contribution is 2.37. The van der Waals surface area contributed by atoms with Crippen LogP contribution in [-0.2, 0) is 0 Å². The second-order valence-corrected chi connectivity index (χ2v) is 5.65. The summed E-state index contributed by atoms with van der Waals surface area (Å²) < 4.78 is 5.42. The average Bonchev–Trinajstić information content (AvgIpc) is 3.00. The van der Waals surface area contributed by atoms with Gasteiger partial charge in [-0.25, -0.2) is 0 Å². The van der Waals surface area contributed by atoms with Gasteiger partial charge in [0.1, 0.15) is 0 Å². The van der Waals surface area contributed by atoms with Crippen LogP contribution in [0.15, 0.2) is 22.7 Å². The summed E-state index contributed by atoms with van der Waals surface area (Å²) >= 11 is 0. The normalized spacial score (nSPS) is 22.8. The maximum absolute atomic E-state index is 5.82. The van der Waals surface area contributed by atoms with Crippen molar-refractivity contribution >= 4 is 5.69 Å². The van der Waals surface area contributed by atoms with Gasteiger partial charge < -0.3 is 10.3 Å². The maximum Gasteiger partial charge on any atom is 0.258 e. The van der Waals surface area contributed by atoms with Gasteiger partial charge in [0.05, 0.1) is 0 Å². The molecule has 0 aliphatic heterocycles. The van der Waals surface area contributed by atoms with Gasteiger partial charge in [0.15, 0.2) is 5.82 Å². The van der Waals surface area contributed by atoms with E-state index in [4.69, 9.17) is 10.3 Å². The lowest BCUT2D eigenvalue weighted by atomic mass is 10.1. The van der Waals surface area contributed by atoms with Crippen LogP contribution in [-0.4, -0.2) is 10.1 Å². The molecule has 0 spiro atoms. The number of nitrogens with zero attached hydrogens (tertiary/aromatic N) is 2. The van der Waals surface area contributed by atoms with Crippen molar-refractivity contribution in [1.29, 1.82) is 0 Å². The van der Waals surface area contributed by atoms with Gasteiger partial charge in [-0.2, -0.15) is 4.98 Å². The minimum Gasteiger partial charge on any atom is -0.399 e. The number of aromatic nitrogens is 2. The molecular formula is C15H19N3O. The molecule has 1 saturated carbocycles. The third-order valence-corrected chi connectivity index (χ3v) is 3.99. The van der Waals surface area contributed by atoms with Crippen LogP contribution in [0.25, 0.3) is 11.5 Å². The molecule has 1 aliphatic rings. The number of hydrogen-bond donors (Lipinski definition) is 1. The van der Waals surface area contributed by atoms with Crippen molar-refractivity contribution in [2.45, 2.75) is 39.0 Å². The van der Waals surface area contributed by atoms with Crippen molar-refractivity contribution in [3.05, 3.63) is 29.6 Å².